The zero-order valence-electron chi connectivity index (χ0n) is 29.8. The summed E-state index contributed by atoms with van der Waals surface area (Å²) in [6.07, 6.45) is 3.39. The topological polar surface area (TPSA) is 161 Å². The van der Waals surface area contributed by atoms with Crippen molar-refractivity contribution in [2.24, 2.45) is 5.41 Å². The molecule has 4 amide bonds. The SMILES string of the molecule is CNCc1ccccc1CN(CC(=O)Nc1ccc2c(c1)C[C@@]1(C2)C(=O)Nc2ncccc21)C(=O)C1(C)CCN(C(=O)c2ccccc2C(=O)O)CC1. The highest BCUT2D eigenvalue weighted by molar-refractivity contribution is 6.07. The van der Waals surface area contributed by atoms with E-state index in [-0.39, 0.29) is 60.9 Å². The van der Waals surface area contributed by atoms with Crippen LogP contribution in [0.15, 0.2) is 85.1 Å². The predicted octanol–water partition coefficient (Wildman–Crippen LogP) is 4.40. The number of nitrogens with zero attached hydrogens (tertiary/aromatic N) is 3. The third kappa shape index (κ3) is 6.77. The lowest BCUT2D eigenvalue weighted by atomic mass is 9.78. The Balaban J connectivity index is 1.08. The first-order valence-corrected chi connectivity index (χ1v) is 17.8. The maximum Gasteiger partial charge on any atom is 0.336 e. The standard InChI is InChI=1S/C41H42N6O6/c1-40(15-18-46(19-16-40)36(49)31-10-5-6-11-32(31)37(50)51)39(53)47(24-28-9-4-3-8-27(28)23-42-2)25-34(48)44-30-14-13-26-21-41(22-29(26)20-30)33-12-7-17-43-35(33)45-38(41)52/h3-14,17,20,42H,15-16,18-19,21-25H2,1-2H3,(H,44,48)(H,50,51)(H,43,45,52)/t41-/m1/s1. The molecule has 1 spiro atoms. The number of amides is 4. The van der Waals surface area contributed by atoms with E-state index in [0.717, 1.165) is 27.8 Å². The third-order valence-corrected chi connectivity index (χ3v) is 11.0. The summed E-state index contributed by atoms with van der Waals surface area (Å²) < 4.78 is 0. The van der Waals surface area contributed by atoms with Gasteiger partial charge in [-0.05, 0) is 85.3 Å². The molecule has 0 radical (unpaired) electrons. The van der Waals surface area contributed by atoms with E-state index in [0.29, 0.717) is 43.7 Å². The van der Waals surface area contributed by atoms with Gasteiger partial charge in [0.05, 0.1) is 16.5 Å². The molecule has 1 aromatic heterocycles. The van der Waals surface area contributed by atoms with Crippen molar-refractivity contribution in [1.29, 1.82) is 0 Å². The Hall–Kier alpha value is -5.88. The molecule has 4 N–H and O–H groups in total. The van der Waals surface area contributed by atoms with Crippen LogP contribution in [0, 0.1) is 5.41 Å². The van der Waals surface area contributed by atoms with Crippen LogP contribution in [0.1, 0.15) is 68.3 Å². The van der Waals surface area contributed by atoms with Crippen molar-refractivity contribution in [3.05, 3.63) is 124 Å². The second kappa shape index (κ2) is 14.3. The molecule has 3 aliphatic rings. The Kier molecular flexibility index (Phi) is 9.56. The van der Waals surface area contributed by atoms with Gasteiger partial charge in [0.15, 0.2) is 0 Å². The van der Waals surface area contributed by atoms with Crippen LogP contribution in [0.5, 0.6) is 0 Å². The van der Waals surface area contributed by atoms with Gasteiger partial charge in [0.1, 0.15) is 12.4 Å². The van der Waals surface area contributed by atoms with Gasteiger partial charge in [-0.15, -0.1) is 0 Å². The fraction of sp³-hybridized carbons (Fsp3) is 0.317. The zero-order valence-corrected chi connectivity index (χ0v) is 29.8. The zero-order chi connectivity index (χ0) is 37.3. The number of carboxylic acid groups (broad SMARTS) is 1. The van der Waals surface area contributed by atoms with E-state index in [9.17, 15) is 29.1 Å². The number of carboxylic acids is 1. The fourth-order valence-corrected chi connectivity index (χ4v) is 8.02. The highest BCUT2D eigenvalue weighted by atomic mass is 16.4. The van der Waals surface area contributed by atoms with Crippen LogP contribution in [-0.2, 0) is 45.7 Å². The van der Waals surface area contributed by atoms with E-state index in [1.807, 2.05) is 68.6 Å². The number of carbonyl (C=O) groups excluding carboxylic acids is 4. The number of anilines is 2. The normalized spacial score (nSPS) is 18.2. The van der Waals surface area contributed by atoms with E-state index in [2.05, 4.69) is 20.9 Å². The lowest BCUT2D eigenvalue weighted by Gasteiger charge is -2.41. The molecule has 1 atom stereocenters. The van der Waals surface area contributed by atoms with Gasteiger partial charge in [-0.1, -0.05) is 55.5 Å². The van der Waals surface area contributed by atoms with Gasteiger partial charge < -0.3 is 30.9 Å². The van der Waals surface area contributed by atoms with Crippen molar-refractivity contribution in [2.45, 2.75) is 51.1 Å². The minimum absolute atomic E-state index is 0.0612. The Morgan fingerprint density at radius 3 is 2.34 bits per heavy atom. The summed E-state index contributed by atoms with van der Waals surface area (Å²) >= 11 is 0. The number of piperidine rings is 1. The van der Waals surface area contributed by atoms with E-state index < -0.39 is 16.8 Å². The van der Waals surface area contributed by atoms with Crippen LogP contribution in [0.4, 0.5) is 11.5 Å². The molecule has 272 valence electrons. The summed E-state index contributed by atoms with van der Waals surface area (Å²) in [6, 6.07) is 23.4. The first kappa shape index (κ1) is 35.5. The number of hydrogen-bond acceptors (Lipinski definition) is 7. The molecule has 0 saturated carbocycles. The van der Waals surface area contributed by atoms with E-state index in [4.69, 9.17) is 0 Å². The Labute approximate surface area is 307 Å². The first-order chi connectivity index (χ1) is 25.5. The molecule has 12 nitrogen and oxygen atoms in total. The molecule has 7 rings (SSSR count). The predicted molar refractivity (Wildman–Crippen MR) is 198 cm³/mol. The number of fused-ring (bicyclic) bond motifs is 3. The lowest BCUT2D eigenvalue weighted by molar-refractivity contribution is -0.146. The Morgan fingerprint density at radius 1 is 0.906 bits per heavy atom. The molecule has 1 fully saturated rings. The lowest BCUT2D eigenvalue weighted by Crippen LogP contribution is -2.51. The fourth-order valence-electron chi connectivity index (χ4n) is 8.02. The molecular weight excluding hydrogens is 672 g/mol. The van der Waals surface area contributed by atoms with Gasteiger partial charge in [0, 0.05) is 49.0 Å². The number of nitrogens with one attached hydrogen (secondary N) is 3. The average molecular weight is 715 g/mol. The summed E-state index contributed by atoms with van der Waals surface area (Å²) in [5, 5.41) is 18.7. The maximum absolute atomic E-state index is 14.5. The van der Waals surface area contributed by atoms with Crippen LogP contribution in [0.3, 0.4) is 0 Å². The van der Waals surface area contributed by atoms with Crippen molar-refractivity contribution < 1.29 is 29.1 Å². The molecule has 0 bridgehead atoms. The van der Waals surface area contributed by atoms with Crippen LogP contribution in [0.2, 0.25) is 0 Å². The Morgan fingerprint density at radius 2 is 1.60 bits per heavy atom. The van der Waals surface area contributed by atoms with Crippen molar-refractivity contribution >= 4 is 41.1 Å². The minimum atomic E-state index is -1.17. The molecular formula is C41H42N6O6. The van der Waals surface area contributed by atoms with Crippen LogP contribution in [0.25, 0.3) is 0 Å². The van der Waals surface area contributed by atoms with Gasteiger partial charge in [-0.25, -0.2) is 9.78 Å². The van der Waals surface area contributed by atoms with E-state index >= 15 is 0 Å². The molecule has 3 aromatic carbocycles. The highest BCUT2D eigenvalue weighted by Gasteiger charge is 2.51. The highest BCUT2D eigenvalue weighted by Crippen LogP contribution is 2.47. The number of aromatic nitrogens is 1. The molecule has 2 aliphatic heterocycles. The maximum atomic E-state index is 14.5. The number of rotatable bonds is 10. The quantitative estimate of drug-likeness (QED) is 0.188. The van der Waals surface area contributed by atoms with Crippen molar-refractivity contribution in [1.82, 2.24) is 20.1 Å². The van der Waals surface area contributed by atoms with Crippen molar-refractivity contribution in [2.75, 3.05) is 37.3 Å². The van der Waals surface area contributed by atoms with Gasteiger partial charge in [0.25, 0.3) is 5.91 Å². The van der Waals surface area contributed by atoms with Crippen molar-refractivity contribution in [3.8, 4) is 0 Å². The number of likely N-dealkylation sites (tertiary alicyclic amines) is 1. The molecule has 1 aliphatic carbocycles. The molecule has 53 heavy (non-hydrogen) atoms. The summed E-state index contributed by atoms with van der Waals surface area (Å²) in [6.45, 7) is 3.01. The number of aromatic carboxylic acids is 1. The van der Waals surface area contributed by atoms with Crippen LogP contribution in [-0.4, -0.2) is 76.2 Å². The van der Waals surface area contributed by atoms with Crippen molar-refractivity contribution in [3.63, 3.8) is 0 Å². The summed E-state index contributed by atoms with van der Waals surface area (Å²) in [4.78, 5) is 74.2. The summed E-state index contributed by atoms with van der Waals surface area (Å²) in [5.74, 6) is -1.59. The van der Waals surface area contributed by atoms with Crippen LogP contribution < -0.4 is 16.0 Å². The molecule has 1 saturated heterocycles. The first-order valence-electron chi connectivity index (χ1n) is 17.8. The largest absolute Gasteiger partial charge is 0.478 e. The number of carbonyl (C=O) groups is 5. The van der Waals surface area contributed by atoms with Gasteiger partial charge in [-0.3, -0.25) is 19.2 Å². The number of hydrogen-bond donors (Lipinski definition) is 4. The smallest absolute Gasteiger partial charge is 0.336 e. The average Bonchev–Trinajstić information content (AvgIpc) is 3.67. The minimum Gasteiger partial charge on any atom is -0.478 e. The molecule has 0 unspecified atom stereocenters. The van der Waals surface area contributed by atoms with Gasteiger partial charge >= 0.3 is 5.97 Å². The second-order valence-electron chi connectivity index (χ2n) is 14.5. The second-order valence-corrected chi connectivity index (χ2v) is 14.5. The molecule has 12 heteroatoms. The summed E-state index contributed by atoms with van der Waals surface area (Å²) in [7, 11) is 1.85. The van der Waals surface area contributed by atoms with Gasteiger partial charge in [0.2, 0.25) is 17.7 Å². The van der Waals surface area contributed by atoms with Gasteiger partial charge in [-0.2, -0.15) is 0 Å². The monoisotopic (exact) mass is 714 g/mol. The molecule has 4 aromatic rings. The summed E-state index contributed by atoms with van der Waals surface area (Å²) in [5.41, 5.74) is 3.86. The Bertz CT molecular complexity index is 2130. The third-order valence-electron chi connectivity index (χ3n) is 11.0. The number of pyridine rings is 1. The molecule has 3 heterocycles. The van der Waals surface area contributed by atoms with Crippen LogP contribution >= 0.6 is 0 Å². The number of benzene rings is 3. The van der Waals surface area contributed by atoms with E-state index in [1.54, 1.807) is 28.1 Å². The van der Waals surface area contributed by atoms with E-state index in [1.165, 1.54) is 12.1 Å².